The van der Waals surface area contributed by atoms with Crippen molar-refractivity contribution in [3.63, 3.8) is 0 Å². The predicted octanol–water partition coefficient (Wildman–Crippen LogP) is -0.417. The number of nitrogens with one attached hydrogen (secondary N) is 2. The minimum absolute atomic E-state index is 0.0862. The fraction of sp³-hybridized carbons (Fsp3) is 0.579. The molecule has 0 saturated carbocycles. The maximum Gasteiger partial charge on any atom is 0.309 e. The molecule has 1 saturated heterocycles. The van der Waals surface area contributed by atoms with Crippen LogP contribution < -0.4 is 20.1 Å². The summed E-state index contributed by atoms with van der Waals surface area (Å²) in [5.41, 5.74) is 1.000. The molecule has 0 unspecified atom stereocenters. The van der Waals surface area contributed by atoms with Crippen molar-refractivity contribution in [2.45, 2.75) is 6.04 Å². The van der Waals surface area contributed by atoms with E-state index >= 15 is 0 Å². The lowest BCUT2D eigenvalue weighted by Crippen LogP contribution is -2.47. The Morgan fingerprint density at radius 2 is 1.82 bits per heavy atom. The lowest BCUT2D eigenvalue weighted by Gasteiger charge is -2.34. The monoisotopic (exact) mass is 392 g/mol. The zero-order valence-corrected chi connectivity index (χ0v) is 16.4. The van der Waals surface area contributed by atoms with Crippen molar-refractivity contribution < 1.29 is 23.8 Å². The maximum absolute atomic E-state index is 12.2. The summed E-state index contributed by atoms with van der Waals surface area (Å²) in [5.74, 6) is 0.170. The van der Waals surface area contributed by atoms with Gasteiger partial charge < -0.3 is 29.7 Å². The molecule has 3 rings (SSSR count). The largest absolute Gasteiger partial charge is 0.454 e. The molecule has 0 aliphatic carbocycles. The molecule has 1 aromatic carbocycles. The van der Waals surface area contributed by atoms with Gasteiger partial charge in [-0.05, 0) is 31.8 Å². The number of hydrogen-bond donors (Lipinski definition) is 2. The van der Waals surface area contributed by atoms with Crippen molar-refractivity contribution in [3.05, 3.63) is 23.8 Å². The predicted molar refractivity (Wildman–Crippen MR) is 102 cm³/mol. The molecule has 1 atom stereocenters. The van der Waals surface area contributed by atoms with Crippen molar-refractivity contribution in [1.82, 2.24) is 20.4 Å². The van der Waals surface area contributed by atoms with Gasteiger partial charge in [0, 0.05) is 32.7 Å². The normalized spacial score (nSPS) is 17.4. The standard InChI is InChI=1S/C19H28N4O5/c1-22(2)6-5-20-18(24)19(25)21-12-15(23-7-9-26-10-8-23)14-3-4-16-17(11-14)28-13-27-16/h3-4,11,15H,5-10,12-13H2,1-2H3,(H,20,24)(H,21,25)/t15-/m0/s1. The Balaban J connectivity index is 1.63. The molecule has 28 heavy (non-hydrogen) atoms. The van der Waals surface area contributed by atoms with Crippen LogP contribution in [0, 0.1) is 0 Å². The Kier molecular flexibility index (Phi) is 7.07. The van der Waals surface area contributed by atoms with E-state index in [0.717, 1.165) is 18.7 Å². The number of benzene rings is 1. The fourth-order valence-corrected chi connectivity index (χ4v) is 3.21. The van der Waals surface area contributed by atoms with Crippen LogP contribution in [-0.2, 0) is 14.3 Å². The minimum Gasteiger partial charge on any atom is -0.454 e. The first kappa shape index (κ1) is 20.4. The SMILES string of the molecule is CN(C)CCNC(=O)C(=O)NC[C@@H](c1ccc2c(c1)OCO2)N1CCOCC1. The third kappa shape index (κ3) is 5.34. The van der Waals surface area contributed by atoms with E-state index in [1.54, 1.807) is 0 Å². The molecule has 2 aliphatic rings. The van der Waals surface area contributed by atoms with Gasteiger partial charge in [-0.25, -0.2) is 0 Å². The van der Waals surface area contributed by atoms with Crippen molar-refractivity contribution in [2.75, 3.05) is 66.8 Å². The highest BCUT2D eigenvalue weighted by Gasteiger charge is 2.26. The molecule has 0 bridgehead atoms. The van der Waals surface area contributed by atoms with Crippen molar-refractivity contribution in [1.29, 1.82) is 0 Å². The molecular weight excluding hydrogens is 364 g/mol. The molecule has 154 valence electrons. The number of nitrogens with zero attached hydrogens (tertiary/aromatic N) is 2. The number of carbonyl (C=O) groups is 2. The molecule has 2 amide bonds. The quantitative estimate of drug-likeness (QED) is 0.609. The summed E-state index contributed by atoms with van der Waals surface area (Å²) in [6.45, 7) is 4.42. The second-order valence-corrected chi connectivity index (χ2v) is 7.05. The number of amides is 2. The molecule has 1 fully saturated rings. The summed E-state index contributed by atoms with van der Waals surface area (Å²) >= 11 is 0. The lowest BCUT2D eigenvalue weighted by molar-refractivity contribution is -0.139. The first-order valence-corrected chi connectivity index (χ1v) is 9.46. The Morgan fingerprint density at radius 3 is 2.57 bits per heavy atom. The highest BCUT2D eigenvalue weighted by molar-refractivity contribution is 6.35. The van der Waals surface area contributed by atoms with E-state index in [-0.39, 0.29) is 12.8 Å². The number of likely N-dealkylation sites (N-methyl/N-ethyl adjacent to an activating group) is 1. The Bertz CT molecular complexity index is 691. The summed E-state index contributed by atoms with van der Waals surface area (Å²) in [6.07, 6.45) is 0. The highest BCUT2D eigenvalue weighted by Crippen LogP contribution is 2.35. The van der Waals surface area contributed by atoms with Crippen molar-refractivity contribution >= 4 is 11.8 Å². The third-order valence-corrected chi connectivity index (χ3v) is 4.77. The van der Waals surface area contributed by atoms with E-state index in [9.17, 15) is 9.59 Å². The van der Waals surface area contributed by atoms with Gasteiger partial charge in [0.25, 0.3) is 0 Å². The second kappa shape index (κ2) is 9.72. The molecule has 0 aromatic heterocycles. The minimum atomic E-state index is -0.627. The molecule has 2 aliphatic heterocycles. The Morgan fingerprint density at radius 1 is 1.11 bits per heavy atom. The van der Waals surface area contributed by atoms with Crippen LogP contribution in [0.2, 0.25) is 0 Å². The van der Waals surface area contributed by atoms with Crippen LogP contribution in [0.25, 0.3) is 0 Å². The van der Waals surface area contributed by atoms with Gasteiger partial charge in [-0.1, -0.05) is 6.07 Å². The van der Waals surface area contributed by atoms with Gasteiger partial charge in [-0.2, -0.15) is 0 Å². The topological polar surface area (TPSA) is 92.4 Å². The number of ether oxygens (including phenoxy) is 3. The smallest absolute Gasteiger partial charge is 0.309 e. The van der Waals surface area contributed by atoms with Gasteiger partial charge in [0.15, 0.2) is 11.5 Å². The Hall–Kier alpha value is -2.36. The summed E-state index contributed by atoms with van der Waals surface area (Å²) in [6, 6.07) is 5.70. The van der Waals surface area contributed by atoms with E-state index in [4.69, 9.17) is 14.2 Å². The summed E-state index contributed by atoms with van der Waals surface area (Å²) < 4.78 is 16.3. The number of rotatable bonds is 7. The van der Waals surface area contributed by atoms with Crippen LogP contribution >= 0.6 is 0 Å². The van der Waals surface area contributed by atoms with Crippen LogP contribution in [0.3, 0.4) is 0 Å². The fourth-order valence-electron chi connectivity index (χ4n) is 3.21. The van der Waals surface area contributed by atoms with Crippen LogP contribution in [0.5, 0.6) is 11.5 Å². The van der Waals surface area contributed by atoms with E-state index < -0.39 is 11.8 Å². The number of carbonyl (C=O) groups excluding carboxylic acids is 2. The van der Waals surface area contributed by atoms with E-state index in [2.05, 4.69) is 15.5 Å². The zero-order chi connectivity index (χ0) is 19.9. The van der Waals surface area contributed by atoms with Crippen molar-refractivity contribution in [3.8, 4) is 11.5 Å². The van der Waals surface area contributed by atoms with Gasteiger partial charge in [-0.15, -0.1) is 0 Å². The average Bonchev–Trinajstić information content (AvgIpc) is 3.16. The summed E-state index contributed by atoms with van der Waals surface area (Å²) in [5, 5.41) is 5.39. The molecule has 9 heteroatoms. The first-order valence-electron chi connectivity index (χ1n) is 9.46. The second-order valence-electron chi connectivity index (χ2n) is 7.05. The molecule has 2 N–H and O–H groups in total. The van der Waals surface area contributed by atoms with Crippen LogP contribution in [0.15, 0.2) is 18.2 Å². The first-order chi connectivity index (χ1) is 13.5. The molecule has 1 aromatic rings. The van der Waals surface area contributed by atoms with E-state index in [0.29, 0.717) is 44.3 Å². The number of hydrogen-bond acceptors (Lipinski definition) is 7. The lowest BCUT2D eigenvalue weighted by atomic mass is 10.0. The van der Waals surface area contributed by atoms with Crippen molar-refractivity contribution in [2.24, 2.45) is 0 Å². The number of morpholine rings is 1. The molecule has 2 heterocycles. The molecule has 0 spiro atoms. The maximum atomic E-state index is 12.2. The van der Waals surface area contributed by atoms with Gasteiger partial charge >= 0.3 is 11.8 Å². The third-order valence-electron chi connectivity index (χ3n) is 4.77. The molecule has 9 nitrogen and oxygen atoms in total. The van der Waals surface area contributed by atoms with Gasteiger partial charge in [0.2, 0.25) is 6.79 Å². The van der Waals surface area contributed by atoms with Crippen LogP contribution in [0.1, 0.15) is 11.6 Å². The van der Waals surface area contributed by atoms with Gasteiger partial charge in [0.05, 0.1) is 19.3 Å². The summed E-state index contributed by atoms with van der Waals surface area (Å²) in [7, 11) is 3.81. The number of fused-ring (bicyclic) bond motifs is 1. The van der Waals surface area contributed by atoms with E-state index in [1.807, 2.05) is 37.2 Å². The molecular formula is C19H28N4O5. The zero-order valence-electron chi connectivity index (χ0n) is 16.4. The van der Waals surface area contributed by atoms with Crippen LogP contribution in [-0.4, -0.2) is 88.4 Å². The Labute approximate surface area is 164 Å². The van der Waals surface area contributed by atoms with E-state index in [1.165, 1.54) is 0 Å². The average molecular weight is 392 g/mol. The highest BCUT2D eigenvalue weighted by atomic mass is 16.7. The molecule has 0 radical (unpaired) electrons. The summed E-state index contributed by atoms with van der Waals surface area (Å²) in [4.78, 5) is 28.4. The van der Waals surface area contributed by atoms with Gasteiger partial charge in [-0.3, -0.25) is 14.5 Å². The van der Waals surface area contributed by atoms with Crippen LogP contribution in [0.4, 0.5) is 0 Å². The van der Waals surface area contributed by atoms with Gasteiger partial charge in [0.1, 0.15) is 0 Å².